The van der Waals surface area contributed by atoms with Crippen LogP contribution >= 0.6 is 0 Å². The molecule has 0 unspecified atom stereocenters. The second kappa shape index (κ2) is 3.32. The third kappa shape index (κ3) is 1.94. The van der Waals surface area contributed by atoms with Crippen LogP contribution in [-0.2, 0) is 14.2 Å². The number of rotatable bonds is 3. The summed E-state index contributed by atoms with van der Waals surface area (Å²) in [4.78, 5) is 0. The molecule has 0 saturated carbocycles. The minimum Gasteiger partial charge on any atom is -0.384 e. The topological polar surface area (TPSA) is 27.7 Å². The highest BCUT2D eigenvalue weighted by atomic mass is 16.7. The van der Waals surface area contributed by atoms with E-state index in [1.54, 1.807) is 7.11 Å². The van der Waals surface area contributed by atoms with Crippen LogP contribution in [0.1, 0.15) is 13.3 Å². The molecule has 10 heavy (non-hydrogen) atoms. The van der Waals surface area contributed by atoms with Crippen molar-refractivity contribution in [2.24, 2.45) is 0 Å². The molecule has 1 fully saturated rings. The molecule has 0 N–H and O–H groups in total. The van der Waals surface area contributed by atoms with Crippen LogP contribution in [0.5, 0.6) is 0 Å². The third-order valence-corrected chi connectivity index (χ3v) is 1.66. The number of hydrogen-bond acceptors (Lipinski definition) is 3. The first-order chi connectivity index (χ1) is 4.77. The summed E-state index contributed by atoms with van der Waals surface area (Å²) < 4.78 is 15.6. The Labute approximate surface area is 61.3 Å². The lowest BCUT2D eigenvalue weighted by atomic mass is 10.2. The fraction of sp³-hybridized carbons (Fsp3) is 1.00. The summed E-state index contributed by atoms with van der Waals surface area (Å²) in [6.07, 6.45) is 0.809. The molecular weight excluding hydrogens is 132 g/mol. The van der Waals surface area contributed by atoms with Crippen molar-refractivity contribution >= 4 is 0 Å². The monoisotopic (exact) mass is 146 g/mol. The molecule has 3 nitrogen and oxygen atoms in total. The second-order valence-electron chi connectivity index (χ2n) is 2.57. The van der Waals surface area contributed by atoms with Gasteiger partial charge < -0.3 is 14.2 Å². The molecule has 0 bridgehead atoms. The molecule has 1 heterocycles. The van der Waals surface area contributed by atoms with E-state index in [0.29, 0.717) is 19.8 Å². The van der Waals surface area contributed by atoms with E-state index >= 15 is 0 Å². The Morgan fingerprint density at radius 1 is 1.40 bits per heavy atom. The van der Waals surface area contributed by atoms with Crippen molar-refractivity contribution in [2.75, 3.05) is 26.9 Å². The third-order valence-electron chi connectivity index (χ3n) is 1.66. The molecular formula is C7H14O3. The maximum atomic E-state index is 5.34. The smallest absolute Gasteiger partial charge is 0.167 e. The maximum absolute atomic E-state index is 5.34. The quantitative estimate of drug-likeness (QED) is 0.589. The van der Waals surface area contributed by atoms with Crippen molar-refractivity contribution in [1.29, 1.82) is 0 Å². The second-order valence-corrected chi connectivity index (χ2v) is 2.57. The molecule has 0 aliphatic carbocycles. The SMILES string of the molecule is COCCC1(C)OCCO1. The highest BCUT2D eigenvalue weighted by Gasteiger charge is 2.29. The maximum Gasteiger partial charge on any atom is 0.167 e. The van der Waals surface area contributed by atoms with Gasteiger partial charge in [0.05, 0.1) is 19.8 Å². The minimum absolute atomic E-state index is 0.379. The first kappa shape index (κ1) is 7.98. The summed E-state index contributed by atoms with van der Waals surface area (Å²) in [7, 11) is 1.68. The van der Waals surface area contributed by atoms with Gasteiger partial charge >= 0.3 is 0 Å². The molecule has 0 atom stereocenters. The molecule has 1 aliphatic heterocycles. The van der Waals surface area contributed by atoms with Crippen LogP contribution < -0.4 is 0 Å². The largest absolute Gasteiger partial charge is 0.384 e. The van der Waals surface area contributed by atoms with Crippen molar-refractivity contribution in [3.63, 3.8) is 0 Å². The van der Waals surface area contributed by atoms with Gasteiger partial charge in [-0.1, -0.05) is 0 Å². The van der Waals surface area contributed by atoms with Gasteiger partial charge in [-0.05, 0) is 6.92 Å². The van der Waals surface area contributed by atoms with E-state index in [-0.39, 0.29) is 5.79 Å². The van der Waals surface area contributed by atoms with Crippen molar-refractivity contribution in [1.82, 2.24) is 0 Å². The van der Waals surface area contributed by atoms with Gasteiger partial charge in [-0.15, -0.1) is 0 Å². The summed E-state index contributed by atoms with van der Waals surface area (Å²) >= 11 is 0. The van der Waals surface area contributed by atoms with Crippen LogP contribution in [0.4, 0.5) is 0 Å². The van der Waals surface area contributed by atoms with E-state index in [2.05, 4.69) is 0 Å². The van der Waals surface area contributed by atoms with E-state index in [1.807, 2.05) is 6.92 Å². The first-order valence-electron chi connectivity index (χ1n) is 3.54. The molecule has 1 saturated heterocycles. The van der Waals surface area contributed by atoms with Gasteiger partial charge in [0.2, 0.25) is 0 Å². The standard InChI is InChI=1S/C7H14O3/c1-7(3-4-8-2)9-5-6-10-7/h3-6H2,1-2H3. The minimum atomic E-state index is -0.379. The molecule has 0 radical (unpaired) electrons. The summed E-state index contributed by atoms with van der Waals surface area (Å²) in [5, 5.41) is 0. The van der Waals surface area contributed by atoms with Gasteiger partial charge in [0.15, 0.2) is 5.79 Å². The lowest BCUT2D eigenvalue weighted by molar-refractivity contribution is -0.153. The number of hydrogen-bond donors (Lipinski definition) is 0. The van der Waals surface area contributed by atoms with Gasteiger partial charge in [-0.2, -0.15) is 0 Å². The first-order valence-corrected chi connectivity index (χ1v) is 3.54. The molecule has 1 aliphatic rings. The summed E-state index contributed by atoms with van der Waals surface area (Å²) in [6, 6.07) is 0. The summed E-state index contributed by atoms with van der Waals surface area (Å²) in [5.74, 6) is -0.379. The Kier molecular flexibility index (Phi) is 2.65. The van der Waals surface area contributed by atoms with E-state index in [4.69, 9.17) is 14.2 Å². The van der Waals surface area contributed by atoms with Crippen LogP contribution in [0.2, 0.25) is 0 Å². The highest BCUT2D eigenvalue weighted by Crippen LogP contribution is 2.21. The van der Waals surface area contributed by atoms with E-state index < -0.39 is 0 Å². The Hall–Kier alpha value is -0.120. The Bertz CT molecular complexity index is 97.0. The predicted octanol–water partition coefficient (Wildman–Crippen LogP) is 0.786. The van der Waals surface area contributed by atoms with Gasteiger partial charge in [-0.25, -0.2) is 0 Å². The zero-order valence-corrected chi connectivity index (χ0v) is 6.55. The predicted molar refractivity (Wildman–Crippen MR) is 36.8 cm³/mol. The van der Waals surface area contributed by atoms with E-state index in [9.17, 15) is 0 Å². The zero-order valence-electron chi connectivity index (χ0n) is 6.55. The van der Waals surface area contributed by atoms with Crippen LogP contribution in [0.25, 0.3) is 0 Å². The van der Waals surface area contributed by atoms with Gasteiger partial charge in [0.1, 0.15) is 0 Å². The fourth-order valence-electron chi connectivity index (χ4n) is 0.989. The van der Waals surface area contributed by atoms with Crippen LogP contribution in [0, 0.1) is 0 Å². The van der Waals surface area contributed by atoms with E-state index in [0.717, 1.165) is 6.42 Å². The normalized spacial score (nSPS) is 23.4. The van der Waals surface area contributed by atoms with Gasteiger partial charge in [0, 0.05) is 13.5 Å². The van der Waals surface area contributed by atoms with Crippen LogP contribution in [0.15, 0.2) is 0 Å². The number of ether oxygens (including phenoxy) is 3. The zero-order chi connectivity index (χ0) is 7.45. The van der Waals surface area contributed by atoms with Crippen LogP contribution in [-0.4, -0.2) is 32.7 Å². The molecule has 60 valence electrons. The average molecular weight is 146 g/mol. The van der Waals surface area contributed by atoms with Crippen molar-refractivity contribution < 1.29 is 14.2 Å². The average Bonchev–Trinajstić information content (AvgIpc) is 2.33. The Morgan fingerprint density at radius 2 is 2.00 bits per heavy atom. The molecule has 0 amide bonds. The Morgan fingerprint density at radius 3 is 2.50 bits per heavy atom. The lowest BCUT2D eigenvalue weighted by Crippen LogP contribution is -2.26. The molecule has 0 spiro atoms. The molecule has 0 aromatic heterocycles. The highest BCUT2D eigenvalue weighted by molar-refractivity contribution is 4.66. The van der Waals surface area contributed by atoms with Crippen LogP contribution in [0.3, 0.4) is 0 Å². The van der Waals surface area contributed by atoms with Crippen molar-refractivity contribution in [2.45, 2.75) is 19.1 Å². The number of methoxy groups -OCH3 is 1. The van der Waals surface area contributed by atoms with Gasteiger partial charge in [0.25, 0.3) is 0 Å². The molecule has 0 aromatic carbocycles. The van der Waals surface area contributed by atoms with Gasteiger partial charge in [-0.3, -0.25) is 0 Å². The molecule has 0 aromatic rings. The molecule has 1 rings (SSSR count). The summed E-state index contributed by atoms with van der Waals surface area (Å²) in [6.45, 7) is 4.05. The Balaban J connectivity index is 2.22. The summed E-state index contributed by atoms with van der Waals surface area (Å²) in [5.41, 5.74) is 0. The van der Waals surface area contributed by atoms with E-state index in [1.165, 1.54) is 0 Å². The molecule has 3 heteroatoms. The lowest BCUT2D eigenvalue weighted by Gasteiger charge is -2.21. The van der Waals surface area contributed by atoms with Crippen molar-refractivity contribution in [3.05, 3.63) is 0 Å². The van der Waals surface area contributed by atoms with Crippen molar-refractivity contribution in [3.8, 4) is 0 Å². The fourth-order valence-corrected chi connectivity index (χ4v) is 0.989.